The van der Waals surface area contributed by atoms with Crippen LogP contribution in [0, 0.1) is 0 Å². The van der Waals surface area contributed by atoms with Crippen LogP contribution in [0.15, 0.2) is 24.4 Å². The summed E-state index contributed by atoms with van der Waals surface area (Å²) in [5.41, 5.74) is 9.77. The second-order valence-corrected chi connectivity index (χ2v) is 2.38. The van der Waals surface area contributed by atoms with Gasteiger partial charge in [0.1, 0.15) is 5.82 Å². The number of nitrogens with zero attached hydrogens (tertiary/aromatic N) is 2. The summed E-state index contributed by atoms with van der Waals surface area (Å²) in [6.45, 7) is 0. The molecule has 0 bridgehead atoms. The van der Waals surface area contributed by atoms with Crippen molar-refractivity contribution in [3.05, 3.63) is 24.4 Å². The van der Waals surface area contributed by atoms with Gasteiger partial charge >= 0.3 is 0 Å². The minimum Gasteiger partial charge on any atom is -0.384 e. The lowest BCUT2D eigenvalue weighted by Crippen LogP contribution is -2.14. The van der Waals surface area contributed by atoms with E-state index in [0.717, 1.165) is 11.3 Å². The number of fused-ring (bicyclic) bond motifs is 1. The Hall–Kier alpha value is -1.58. The number of nitrogen functional groups attached to an aromatic ring is 1. The molecule has 0 spiro atoms. The molecule has 2 aromatic rings. The quantitative estimate of drug-likeness (QED) is 0.621. The summed E-state index contributed by atoms with van der Waals surface area (Å²) in [7, 11) is 1.85. The van der Waals surface area contributed by atoms with Crippen LogP contribution in [0.2, 0.25) is 0 Å². The molecule has 0 aromatic carbocycles. The number of hydrogen-bond donors (Lipinski definition) is 2. The Morgan fingerprint density at radius 3 is 2.91 bits per heavy atom. The van der Waals surface area contributed by atoms with Crippen molar-refractivity contribution in [1.29, 1.82) is 0 Å². The molecule has 3 N–H and O–H groups in total. The molecule has 2 rings (SSSR count). The van der Waals surface area contributed by atoms with E-state index in [1.807, 2.05) is 40.7 Å². The van der Waals surface area contributed by atoms with Crippen LogP contribution in [0.5, 0.6) is 0 Å². The fourth-order valence-electron chi connectivity index (χ4n) is 1.22. The summed E-state index contributed by atoms with van der Waals surface area (Å²) in [5, 5.41) is 0. The van der Waals surface area contributed by atoms with Crippen molar-refractivity contribution in [2.45, 2.75) is 0 Å². The average Bonchev–Trinajstić information content (AvgIpc) is 2.54. The van der Waals surface area contributed by atoms with Gasteiger partial charge in [0.15, 0.2) is 0 Å². The van der Waals surface area contributed by atoms with Gasteiger partial charge in [-0.1, -0.05) is 0 Å². The monoisotopic (exact) mass is 150 g/mol. The number of rotatable bonds is 1. The molecule has 2 aromatic heterocycles. The van der Waals surface area contributed by atoms with E-state index in [2.05, 4.69) is 5.43 Å². The first kappa shape index (κ1) is 6.15. The lowest BCUT2D eigenvalue weighted by atomic mass is 10.5. The smallest absolute Gasteiger partial charge is 0.125 e. The van der Waals surface area contributed by atoms with E-state index >= 15 is 0 Å². The molecule has 0 aliphatic carbocycles. The summed E-state index contributed by atoms with van der Waals surface area (Å²) in [4.78, 5) is 1.82. The van der Waals surface area contributed by atoms with Gasteiger partial charge in [0, 0.05) is 13.2 Å². The molecule has 0 amide bonds. The van der Waals surface area contributed by atoms with Crippen LogP contribution in [0.1, 0.15) is 0 Å². The lowest BCUT2D eigenvalue weighted by Gasteiger charge is -2.03. The molecule has 0 aliphatic rings. The normalized spacial score (nSPS) is 10.6. The van der Waals surface area contributed by atoms with Gasteiger partial charge < -0.3 is 11.2 Å². The first-order chi connectivity index (χ1) is 5.33. The van der Waals surface area contributed by atoms with E-state index in [9.17, 15) is 0 Å². The van der Waals surface area contributed by atoms with Gasteiger partial charge in [-0.15, -0.1) is 0 Å². The minimum atomic E-state index is 0.736. The van der Waals surface area contributed by atoms with Gasteiger partial charge in [-0.3, -0.25) is 0 Å². The molecule has 0 saturated heterocycles. The maximum absolute atomic E-state index is 5.70. The van der Waals surface area contributed by atoms with E-state index in [4.69, 9.17) is 5.73 Å². The van der Waals surface area contributed by atoms with Gasteiger partial charge in [0.05, 0.1) is 5.52 Å². The van der Waals surface area contributed by atoms with Gasteiger partial charge in [-0.2, -0.15) is 0 Å². The van der Waals surface area contributed by atoms with E-state index in [1.54, 1.807) is 0 Å². The maximum Gasteiger partial charge on any atom is 0.125 e. The molecule has 0 radical (unpaired) electrons. The molecule has 58 valence electrons. The van der Waals surface area contributed by atoms with Crippen molar-refractivity contribution < 1.29 is 0 Å². The Labute approximate surface area is 64.2 Å². The highest BCUT2D eigenvalue weighted by Crippen LogP contribution is 2.10. The molecule has 0 fully saturated rings. The molecule has 0 saturated carbocycles. The molecule has 11 heavy (non-hydrogen) atoms. The zero-order valence-electron chi connectivity index (χ0n) is 6.28. The Morgan fingerprint density at radius 2 is 2.18 bits per heavy atom. The Kier molecular flexibility index (Phi) is 1.09. The number of nitrogens with one attached hydrogen (secondary N) is 1. The van der Waals surface area contributed by atoms with E-state index < -0.39 is 0 Å². The highest BCUT2D eigenvalue weighted by Gasteiger charge is 2.00. The predicted octanol–water partition coefficient (Wildman–Crippen LogP) is 0.496. The zero-order chi connectivity index (χ0) is 7.84. The Morgan fingerprint density at radius 1 is 1.36 bits per heavy atom. The summed E-state index contributed by atoms with van der Waals surface area (Å²) in [5.74, 6) is 0.736. The van der Waals surface area contributed by atoms with E-state index in [-0.39, 0.29) is 0 Å². The van der Waals surface area contributed by atoms with Crippen LogP contribution >= 0.6 is 0 Å². The zero-order valence-corrected chi connectivity index (χ0v) is 6.28. The molecule has 4 heteroatoms. The summed E-state index contributed by atoms with van der Waals surface area (Å²) in [6, 6.07) is 5.85. The molecule has 4 nitrogen and oxygen atoms in total. The Balaban J connectivity index is 2.80. The molecule has 0 aliphatic heterocycles. The standard InChI is InChI=1S/C7H10N4/c1-9-10-5-4-6-2-3-7(8)11(6)10/h2-5,9H,8H2,1H3. The molecule has 0 unspecified atom stereocenters. The van der Waals surface area contributed by atoms with Crippen molar-refractivity contribution in [1.82, 2.24) is 9.31 Å². The maximum atomic E-state index is 5.70. The third-order valence-electron chi connectivity index (χ3n) is 1.75. The second-order valence-electron chi connectivity index (χ2n) is 2.38. The minimum absolute atomic E-state index is 0.736. The van der Waals surface area contributed by atoms with Gasteiger partial charge in [-0.25, -0.2) is 9.31 Å². The van der Waals surface area contributed by atoms with Crippen molar-refractivity contribution in [2.75, 3.05) is 18.2 Å². The van der Waals surface area contributed by atoms with E-state index in [1.165, 1.54) is 0 Å². The Bertz CT molecular complexity index is 371. The van der Waals surface area contributed by atoms with Crippen LogP contribution in [-0.2, 0) is 0 Å². The first-order valence-electron chi connectivity index (χ1n) is 3.45. The SMILES string of the molecule is CNn1ccc2ccc(N)n21. The third kappa shape index (κ3) is 0.690. The average molecular weight is 150 g/mol. The summed E-state index contributed by atoms with van der Waals surface area (Å²) < 4.78 is 1.89. The summed E-state index contributed by atoms with van der Waals surface area (Å²) >= 11 is 0. The molecular formula is C7H10N4. The van der Waals surface area contributed by atoms with E-state index in [0.29, 0.717) is 0 Å². The number of hydrogen-bond acceptors (Lipinski definition) is 2. The molecule has 2 heterocycles. The summed E-state index contributed by atoms with van der Waals surface area (Å²) in [6.07, 6.45) is 1.92. The van der Waals surface area contributed by atoms with Crippen molar-refractivity contribution in [2.24, 2.45) is 0 Å². The van der Waals surface area contributed by atoms with Crippen LogP contribution in [0.25, 0.3) is 5.52 Å². The van der Waals surface area contributed by atoms with Crippen LogP contribution in [0.3, 0.4) is 0 Å². The fraction of sp³-hybridized carbons (Fsp3) is 0.143. The number of nitrogens with two attached hydrogens (primary N) is 1. The van der Waals surface area contributed by atoms with Crippen LogP contribution < -0.4 is 11.2 Å². The lowest BCUT2D eigenvalue weighted by molar-refractivity contribution is 0.731. The highest BCUT2D eigenvalue weighted by atomic mass is 15.6. The molecular weight excluding hydrogens is 140 g/mol. The second kappa shape index (κ2) is 1.95. The number of anilines is 1. The highest BCUT2D eigenvalue weighted by molar-refractivity contribution is 5.55. The van der Waals surface area contributed by atoms with Crippen molar-refractivity contribution in [3.63, 3.8) is 0 Å². The third-order valence-corrected chi connectivity index (χ3v) is 1.75. The topological polar surface area (TPSA) is 47.4 Å². The largest absolute Gasteiger partial charge is 0.384 e. The van der Waals surface area contributed by atoms with Gasteiger partial charge in [-0.05, 0) is 18.2 Å². The van der Waals surface area contributed by atoms with Crippen molar-refractivity contribution in [3.8, 4) is 0 Å². The first-order valence-corrected chi connectivity index (χ1v) is 3.45. The number of aromatic nitrogens is 2. The molecule has 0 atom stereocenters. The fourth-order valence-corrected chi connectivity index (χ4v) is 1.22. The van der Waals surface area contributed by atoms with Crippen molar-refractivity contribution >= 4 is 11.3 Å². The van der Waals surface area contributed by atoms with Gasteiger partial charge in [0.25, 0.3) is 0 Å². The van der Waals surface area contributed by atoms with Crippen LogP contribution in [0.4, 0.5) is 5.82 Å². The predicted molar refractivity (Wildman–Crippen MR) is 45.1 cm³/mol. The van der Waals surface area contributed by atoms with Gasteiger partial charge in [0.2, 0.25) is 0 Å². The van der Waals surface area contributed by atoms with Crippen LogP contribution in [-0.4, -0.2) is 16.4 Å².